The van der Waals surface area contributed by atoms with Crippen molar-refractivity contribution in [3.05, 3.63) is 29.6 Å². The third-order valence-electron chi connectivity index (χ3n) is 4.81. The van der Waals surface area contributed by atoms with Crippen molar-refractivity contribution in [1.82, 2.24) is 14.5 Å². The summed E-state index contributed by atoms with van der Waals surface area (Å²) in [6.45, 7) is 4.60. The molecule has 1 N–H and O–H groups in total. The summed E-state index contributed by atoms with van der Waals surface area (Å²) in [7, 11) is -0.938. The minimum atomic E-state index is -3.72. The second kappa shape index (κ2) is 8.92. The van der Waals surface area contributed by atoms with Gasteiger partial charge in [0.1, 0.15) is 5.82 Å². The summed E-state index contributed by atoms with van der Waals surface area (Å²) in [5, 5.41) is 2.69. The van der Waals surface area contributed by atoms with Gasteiger partial charge in [0.2, 0.25) is 10.0 Å². The van der Waals surface area contributed by atoms with Gasteiger partial charge in [-0.2, -0.15) is 0 Å². The van der Waals surface area contributed by atoms with Crippen LogP contribution in [-0.4, -0.2) is 63.3 Å². The van der Waals surface area contributed by atoms with E-state index in [-0.39, 0.29) is 10.5 Å². The number of nitrogens with zero attached hydrogens (tertiary/aromatic N) is 2. The van der Waals surface area contributed by atoms with Crippen LogP contribution in [0.5, 0.6) is 0 Å². The maximum absolute atomic E-state index is 14.0. The Morgan fingerprint density at radius 2 is 2.08 bits per heavy atom. The van der Waals surface area contributed by atoms with E-state index in [4.69, 9.17) is 0 Å². The van der Waals surface area contributed by atoms with Crippen LogP contribution < -0.4 is 5.32 Å². The highest BCUT2D eigenvalue weighted by Crippen LogP contribution is 2.18. The first kappa shape index (κ1) is 20.8. The van der Waals surface area contributed by atoms with Crippen molar-refractivity contribution in [2.24, 2.45) is 0 Å². The predicted molar refractivity (Wildman–Crippen MR) is 99.1 cm³/mol. The van der Waals surface area contributed by atoms with Gasteiger partial charge in [-0.05, 0) is 50.9 Å². The van der Waals surface area contributed by atoms with E-state index >= 15 is 0 Å². The first-order valence-electron chi connectivity index (χ1n) is 8.98. The van der Waals surface area contributed by atoms with Gasteiger partial charge in [0.05, 0.1) is 10.5 Å². The average Bonchev–Trinajstić information content (AvgIpc) is 2.60. The number of carbonyl (C=O) groups excluding carboxylic acids is 1. The fourth-order valence-corrected chi connectivity index (χ4v) is 4.05. The van der Waals surface area contributed by atoms with Crippen molar-refractivity contribution >= 4 is 15.9 Å². The Morgan fingerprint density at radius 3 is 2.73 bits per heavy atom. The highest BCUT2D eigenvalue weighted by Gasteiger charge is 2.21. The molecule has 0 radical (unpaired) electrons. The lowest BCUT2D eigenvalue weighted by molar-refractivity contribution is 0.0944. The zero-order chi connectivity index (χ0) is 19.3. The number of sulfonamides is 1. The van der Waals surface area contributed by atoms with Crippen LogP contribution in [0.1, 0.15) is 43.0 Å². The van der Waals surface area contributed by atoms with Gasteiger partial charge in [0, 0.05) is 33.2 Å². The smallest absolute Gasteiger partial charge is 0.254 e. The molecule has 1 aliphatic rings. The van der Waals surface area contributed by atoms with Crippen molar-refractivity contribution in [3.63, 3.8) is 0 Å². The topological polar surface area (TPSA) is 69.7 Å². The standard InChI is InChI=1S/C18H28FN3O3S/c1-14-7-4-5-11-22(14)12-6-10-20-18(23)16-13-15(8-9-17(16)19)26(24,25)21(2)3/h8-9,13-14H,4-7,10-12H2,1-3H3,(H,20,23)/t14-/m1/s1. The molecule has 0 aromatic heterocycles. The second-order valence-electron chi connectivity index (χ2n) is 6.92. The van der Waals surface area contributed by atoms with Gasteiger partial charge < -0.3 is 10.2 Å². The van der Waals surface area contributed by atoms with Gasteiger partial charge >= 0.3 is 0 Å². The normalized spacial score (nSPS) is 18.9. The van der Waals surface area contributed by atoms with Gasteiger partial charge in [0.15, 0.2) is 0 Å². The van der Waals surface area contributed by atoms with Crippen LogP contribution in [0, 0.1) is 5.82 Å². The molecule has 1 atom stereocenters. The number of piperidine rings is 1. The minimum Gasteiger partial charge on any atom is -0.352 e. The first-order valence-corrected chi connectivity index (χ1v) is 10.4. The van der Waals surface area contributed by atoms with Crippen molar-refractivity contribution in [2.45, 2.75) is 43.5 Å². The van der Waals surface area contributed by atoms with Crippen LogP contribution in [0.15, 0.2) is 23.1 Å². The lowest BCUT2D eigenvalue weighted by atomic mass is 10.0. The number of amides is 1. The van der Waals surface area contributed by atoms with E-state index in [9.17, 15) is 17.6 Å². The fraction of sp³-hybridized carbons (Fsp3) is 0.611. The van der Waals surface area contributed by atoms with E-state index in [0.717, 1.165) is 35.9 Å². The lowest BCUT2D eigenvalue weighted by Gasteiger charge is -2.33. The van der Waals surface area contributed by atoms with Crippen LogP contribution in [0.3, 0.4) is 0 Å². The van der Waals surface area contributed by atoms with Gasteiger partial charge in [0.25, 0.3) is 5.91 Å². The maximum Gasteiger partial charge on any atom is 0.254 e. The molecule has 0 unspecified atom stereocenters. The van der Waals surface area contributed by atoms with Gasteiger partial charge in [-0.25, -0.2) is 17.1 Å². The monoisotopic (exact) mass is 385 g/mol. The maximum atomic E-state index is 14.0. The Balaban J connectivity index is 1.94. The summed E-state index contributed by atoms with van der Waals surface area (Å²) in [6, 6.07) is 3.83. The quantitative estimate of drug-likeness (QED) is 0.730. The Hall–Kier alpha value is -1.51. The average molecular weight is 386 g/mol. The lowest BCUT2D eigenvalue weighted by Crippen LogP contribution is -2.39. The summed E-state index contributed by atoms with van der Waals surface area (Å²) < 4.78 is 39.3. The summed E-state index contributed by atoms with van der Waals surface area (Å²) in [5.74, 6) is -1.32. The largest absolute Gasteiger partial charge is 0.352 e. The molecule has 0 saturated carbocycles. The molecule has 6 nitrogen and oxygen atoms in total. The molecule has 1 aromatic carbocycles. The third kappa shape index (κ3) is 5.02. The molecular formula is C18H28FN3O3S. The molecule has 1 aliphatic heterocycles. The van der Waals surface area contributed by atoms with E-state index in [0.29, 0.717) is 12.6 Å². The van der Waals surface area contributed by atoms with Crippen molar-refractivity contribution in [1.29, 1.82) is 0 Å². The summed E-state index contributed by atoms with van der Waals surface area (Å²) in [6.07, 6.45) is 4.44. The minimum absolute atomic E-state index is 0.101. The summed E-state index contributed by atoms with van der Waals surface area (Å²) in [5.41, 5.74) is -0.251. The van der Waals surface area contributed by atoms with Crippen molar-refractivity contribution in [2.75, 3.05) is 33.7 Å². The van der Waals surface area contributed by atoms with Crippen LogP contribution in [0.4, 0.5) is 4.39 Å². The highest BCUT2D eigenvalue weighted by molar-refractivity contribution is 7.89. The molecule has 1 aromatic rings. The SMILES string of the molecule is C[C@@H]1CCCCN1CCCNC(=O)c1cc(S(=O)(=O)N(C)C)ccc1F. The van der Waals surface area contributed by atoms with Crippen molar-refractivity contribution < 1.29 is 17.6 Å². The summed E-state index contributed by atoms with van der Waals surface area (Å²) >= 11 is 0. The highest BCUT2D eigenvalue weighted by atomic mass is 32.2. The number of nitrogens with one attached hydrogen (secondary N) is 1. The third-order valence-corrected chi connectivity index (χ3v) is 6.62. The molecule has 0 spiro atoms. The van der Waals surface area contributed by atoms with E-state index < -0.39 is 21.7 Å². The van der Waals surface area contributed by atoms with Crippen LogP contribution in [0.25, 0.3) is 0 Å². The Kier molecular flexibility index (Phi) is 7.14. The predicted octanol–water partition coefficient (Wildman–Crippen LogP) is 2.07. The number of hydrogen-bond acceptors (Lipinski definition) is 4. The van der Waals surface area contributed by atoms with Gasteiger partial charge in [-0.1, -0.05) is 6.42 Å². The van der Waals surface area contributed by atoms with Crippen LogP contribution >= 0.6 is 0 Å². The molecule has 146 valence electrons. The molecule has 1 fully saturated rings. The molecular weight excluding hydrogens is 357 g/mol. The molecule has 26 heavy (non-hydrogen) atoms. The number of benzene rings is 1. The van der Waals surface area contributed by atoms with Crippen molar-refractivity contribution in [3.8, 4) is 0 Å². The van der Waals surface area contributed by atoms with E-state index in [1.807, 2.05) is 0 Å². The molecule has 1 amide bonds. The number of halogens is 1. The van der Waals surface area contributed by atoms with E-state index in [2.05, 4.69) is 17.1 Å². The Labute approximate surface area is 155 Å². The number of likely N-dealkylation sites (tertiary alicyclic amines) is 1. The number of hydrogen-bond donors (Lipinski definition) is 1. The first-order chi connectivity index (χ1) is 12.2. The van der Waals surface area contributed by atoms with Crippen LogP contribution in [-0.2, 0) is 10.0 Å². The zero-order valence-electron chi connectivity index (χ0n) is 15.7. The molecule has 2 rings (SSSR count). The molecule has 0 bridgehead atoms. The Bertz CT molecular complexity index is 737. The molecule has 8 heteroatoms. The van der Waals surface area contributed by atoms with E-state index in [1.165, 1.54) is 39.4 Å². The Morgan fingerprint density at radius 1 is 1.35 bits per heavy atom. The molecule has 0 aliphatic carbocycles. The van der Waals surface area contributed by atoms with E-state index in [1.54, 1.807) is 0 Å². The van der Waals surface area contributed by atoms with Gasteiger partial charge in [-0.3, -0.25) is 4.79 Å². The summed E-state index contributed by atoms with van der Waals surface area (Å²) in [4.78, 5) is 14.6. The number of rotatable bonds is 7. The fourth-order valence-electron chi connectivity index (χ4n) is 3.12. The van der Waals surface area contributed by atoms with Crippen LogP contribution in [0.2, 0.25) is 0 Å². The second-order valence-corrected chi connectivity index (χ2v) is 9.07. The molecule has 1 heterocycles. The zero-order valence-corrected chi connectivity index (χ0v) is 16.5. The molecule has 1 saturated heterocycles. The number of carbonyl (C=O) groups is 1. The van der Waals surface area contributed by atoms with Gasteiger partial charge in [-0.15, -0.1) is 0 Å².